The zero-order valence-corrected chi connectivity index (χ0v) is 12.9. The maximum Gasteiger partial charge on any atom is 0.438 e. The third kappa shape index (κ3) is 3.25. The Morgan fingerprint density at radius 1 is 1.16 bits per heavy atom. The minimum absolute atomic E-state index is 0.0955. The molecule has 2 heterocycles. The molecule has 1 N–H and O–H groups in total. The Hall–Kier alpha value is -2.74. The average Bonchev–Trinajstić information content (AvgIpc) is 2.96. The van der Waals surface area contributed by atoms with Crippen LogP contribution in [-0.2, 0) is 11.2 Å². The van der Waals surface area contributed by atoms with Crippen LogP contribution in [0.25, 0.3) is 0 Å². The van der Waals surface area contributed by atoms with Gasteiger partial charge in [-0.1, -0.05) is 36.4 Å². The summed E-state index contributed by atoms with van der Waals surface area (Å²) in [6.45, 7) is 0. The van der Waals surface area contributed by atoms with Crippen molar-refractivity contribution in [3.05, 3.63) is 66.0 Å². The van der Waals surface area contributed by atoms with E-state index in [1.807, 2.05) is 0 Å². The predicted octanol–water partition coefficient (Wildman–Crippen LogP) is 2.51. The third-order valence-corrected chi connectivity index (χ3v) is 3.83. The summed E-state index contributed by atoms with van der Waals surface area (Å²) in [4.78, 5) is 16.3. The Morgan fingerprint density at radius 3 is 2.44 bits per heavy atom. The highest BCUT2D eigenvalue weighted by Gasteiger charge is 2.63. The Labute approximate surface area is 141 Å². The maximum atomic E-state index is 13.4. The van der Waals surface area contributed by atoms with Crippen LogP contribution in [0.1, 0.15) is 17.7 Å². The number of hydrazone groups is 1. The van der Waals surface area contributed by atoms with Crippen LogP contribution in [-0.4, -0.2) is 38.6 Å². The molecule has 0 spiro atoms. The van der Waals surface area contributed by atoms with E-state index in [0.29, 0.717) is 5.56 Å². The van der Waals surface area contributed by atoms with Crippen LogP contribution in [0.2, 0.25) is 0 Å². The van der Waals surface area contributed by atoms with Gasteiger partial charge in [0.2, 0.25) is 5.91 Å². The number of alkyl halides is 3. The van der Waals surface area contributed by atoms with E-state index >= 15 is 0 Å². The molecule has 1 amide bonds. The van der Waals surface area contributed by atoms with Crippen molar-refractivity contribution in [3.8, 4) is 0 Å². The van der Waals surface area contributed by atoms with Gasteiger partial charge in [-0.3, -0.25) is 9.78 Å². The van der Waals surface area contributed by atoms with Crippen LogP contribution in [0.4, 0.5) is 13.2 Å². The van der Waals surface area contributed by atoms with Gasteiger partial charge in [-0.25, -0.2) is 0 Å². The summed E-state index contributed by atoms with van der Waals surface area (Å²) in [7, 11) is 0. The summed E-state index contributed by atoms with van der Waals surface area (Å²) in [6, 6.07) is 13.0. The summed E-state index contributed by atoms with van der Waals surface area (Å²) in [5.74, 6) is -0.947. The van der Waals surface area contributed by atoms with Crippen LogP contribution < -0.4 is 0 Å². The molecular formula is C17H14F3N3O2. The number of nitrogens with zero attached hydrogens (tertiary/aromatic N) is 3. The lowest BCUT2D eigenvalue weighted by atomic mass is 10.0. The molecule has 25 heavy (non-hydrogen) atoms. The molecule has 1 aliphatic heterocycles. The van der Waals surface area contributed by atoms with Gasteiger partial charge in [-0.2, -0.15) is 23.3 Å². The Kier molecular flexibility index (Phi) is 4.30. The largest absolute Gasteiger partial charge is 0.438 e. The van der Waals surface area contributed by atoms with Crippen molar-refractivity contribution >= 4 is 11.6 Å². The van der Waals surface area contributed by atoms with Crippen molar-refractivity contribution < 1.29 is 23.1 Å². The van der Waals surface area contributed by atoms with Crippen molar-refractivity contribution in [1.82, 2.24) is 9.99 Å². The van der Waals surface area contributed by atoms with Gasteiger partial charge in [0.1, 0.15) is 0 Å². The van der Waals surface area contributed by atoms with E-state index in [1.165, 1.54) is 12.3 Å². The number of hydrogen-bond donors (Lipinski definition) is 1. The van der Waals surface area contributed by atoms with Crippen LogP contribution >= 0.6 is 0 Å². The van der Waals surface area contributed by atoms with E-state index < -0.39 is 24.2 Å². The number of hydrogen-bond acceptors (Lipinski definition) is 4. The number of aliphatic hydroxyl groups is 1. The number of benzene rings is 1. The molecule has 0 fully saturated rings. The first-order valence-corrected chi connectivity index (χ1v) is 7.46. The van der Waals surface area contributed by atoms with Gasteiger partial charge in [0.15, 0.2) is 0 Å². The lowest BCUT2D eigenvalue weighted by molar-refractivity contribution is -0.302. The smallest absolute Gasteiger partial charge is 0.362 e. The highest BCUT2D eigenvalue weighted by atomic mass is 19.4. The molecule has 0 aliphatic carbocycles. The van der Waals surface area contributed by atoms with E-state index in [2.05, 4.69) is 10.1 Å². The topological polar surface area (TPSA) is 65.8 Å². The maximum absolute atomic E-state index is 13.4. The van der Waals surface area contributed by atoms with Crippen molar-refractivity contribution in [2.45, 2.75) is 24.7 Å². The second kappa shape index (κ2) is 6.29. The summed E-state index contributed by atoms with van der Waals surface area (Å²) in [5.41, 5.74) is -2.77. The van der Waals surface area contributed by atoms with Gasteiger partial charge in [0.05, 0.1) is 24.2 Å². The SMILES string of the molecule is O=C(Cc1ccccc1)N1N=C(c2ccccn2)CC1(O)C(F)(F)F. The highest BCUT2D eigenvalue weighted by molar-refractivity contribution is 6.02. The summed E-state index contributed by atoms with van der Waals surface area (Å²) >= 11 is 0. The number of carbonyl (C=O) groups excluding carboxylic acids is 1. The molecule has 0 bridgehead atoms. The molecule has 0 saturated heterocycles. The molecule has 2 aromatic rings. The quantitative estimate of drug-likeness (QED) is 0.926. The number of amides is 1. The van der Waals surface area contributed by atoms with Crippen LogP contribution in [0.3, 0.4) is 0 Å². The second-order valence-corrected chi connectivity index (χ2v) is 5.62. The number of halogens is 3. The summed E-state index contributed by atoms with van der Waals surface area (Å²) < 4.78 is 40.3. The lowest BCUT2D eigenvalue weighted by Crippen LogP contribution is -2.57. The molecular weight excluding hydrogens is 335 g/mol. The molecule has 1 aliphatic rings. The summed E-state index contributed by atoms with van der Waals surface area (Å²) in [5, 5.41) is 14.1. The lowest BCUT2D eigenvalue weighted by Gasteiger charge is -2.32. The Balaban J connectivity index is 1.94. The van der Waals surface area contributed by atoms with E-state index in [0.717, 1.165) is 0 Å². The first kappa shape index (κ1) is 17.1. The van der Waals surface area contributed by atoms with Gasteiger partial charge in [-0.15, -0.1) is 0 Å². The van der Waals surface area contributed by atoms with Gasteiger partial charge in [-0.05, 0) is 17.7 Å². The first-order chi connectivity index (χ1) is 11.8. The van der Waals surface area contributed by atoms with Crippen molar-refractivity contribution in [2.24, 2.45) is 5.10 Å². The zero-order chi connectivity index (χ0) is 18.1. The van der Waals surface area contributed by atoms with Crippen molar-refractivity contribution in [1.29, 1.82) is 0 Å². The second-order valence-electron chi connectivity index (χ2n) is 5.62. The molecule has 0 saturated carbocycles. The third-order valence-electron chi connectivity index (χ3n) is 3.83. The van der Waals surface area contributed by atoms with Crippen molar-refractivity contribution in [2.75, 3.05) is 0 Å². The van der Waals surface area contributed by atoms with E-state index in [-0.39, 0.29) is 22.8 Å². The Morgan fingerprint density at radius 2 is 1.84 bits per heavy atom. The van der Waals surface area contributed by atoms with Crippen LogP contribution in [0.5, 0.6) is 0 Å². The minimum Gasteiger partial charge on any atom is -0.362 e. The average molecular weight is 349 g/mol. The Bertz CT molecular complexity index is 794. The normalized spacial score (nSPS) is 20.5. The monoisotopic (exact) mass is 349 g/mol. The molecule has 8 heteroatoms. The van der Waals surface area contributed by atoms with Gasteiger partial charge in [0.25, 0.3) is 5.72 Å². The molecule has 1 atom stereocenters. The van der Waals surface area contributed by atoms with Gasteiger partial charge >= 0.3 is 6.18 Å². The zero-order valence-electron chi connectivity index (χ0n) is 12.9. The highest BCUT2D eigenvalue weighted by Crippen LogP contribution is 2.41. The van der Waals surface area contributed by atoms with Crippen LogP contribution in [0, 0.1) is 0 Å². The van der Waals surface area contributed by atoms with Gasteiger partial charge < -0.3 is 5.11 Å². The van der Waals surface area contributed by atoms with Crippen molar-refractivity contribution in [3.63, 3.8) is 0 Å². The molecule has 0 radical (unpaired) electrons. The predicted molar refractivity (Wildman–Crippen MR) is 83.4 cm³/mol. The number of pyridine rings is 1. The number of aromatic nitrogens is 1. The molecule has 3 rings (SSSR count). The van der Waals surface area contributed by atoms with Crippen LogP contribution in [0.15, 0.2) is 59.8 Å². The minimum atomic E-state index is -5.06. The molecule has 1 unspecified atom stereocenters. The fourth-order valence-electron chi connectivity index (χ4n) is 2.55. The van der Waals surface area contributed by atoms with E-state index in [1.54, 1.807) is 42.5 Å². The number of carbonyl (C=O) groups is 1. The molecule has 1 aromatic heterocycles. The first-order valence-electron chi connectivity index (χ1n) is 7.46. The fourth-order valence-corrected chi connectivity index (χ4v) is 2.55. The van der Waals surface area contributed by atoms with E-state index in [9.17, 15) is 23.1 Å². The fraction of sp³-hybridized carbons (Fsp3) is 0.235. The standard InChI is InChI=1S/C17H14F3N3O2/c18-17(19,20)16(25)11-14(13-8-4-5-9-21-13)22-23(16)15(24)10-12-6-2-1-3-7-12/h1-9,25H,10-11H2. The number of rotatable bonds is 3. The molecule has 5 nitrogen and oxygen atoms in total. The van der Waals surface area contributed by atoms with E-state index in [4.69, 9.17) is 0 Å². The molecule has 1 aromatic carbocycles. The van der Waals surface area contributed by atoms with Gasteiger partial charge in [0, 0.05) is 6.20 Å². The molecule has 130 valence electrons. The summed E-state index contributed by atoms with van der Waals surface area (Å²) in [6.07, 6.45) is -4.83.